The first kappa shape index (κ1) is 19.8. The van der Waals surface area contributed by atoms with Gasteiger partial charge < -0.3 is 4.98 Å². The van der Waals surface area contributed by atoms with Crippen molar-refractivity contribution in [1.29, 1.82) is 0 Å². The van der Waals surface area contributed by atoms with E-state index in [2.05, 4.69) is 31.1 Å². The third kappa shape index (κ3) is 10.3. The van der Waals surface area contributed by atoms with E-state index in [1.165, 1.54) is 5.56 Å². The summed E-state index contributed by atoms with van der Waals surface area (Å²) in [7, 11) is 0. The zero-order valence-electron chi connectivity index (χ0n) is 10.4. The summed E-state index contributed by atoms with van der Waals surface area (Å²) >= 11 is 0. The van der Waals surface area contributed by atoms with Crippen molar-refractivity contribution >= 4 is 0 Å². The smallest absolute Gasteiger partial charge is 0 e. The van der Waals surface area contributed by atoms with Gasteiger partial charge in [0.15, 0.2) is 0 Å². The maximum Gasteiger partial charge on any atom is 0 e. The van der Waals surface area contributed by atoms with Gasteiger partial charge in [0.05, 0.1) is 0 Å². The molecule has 0 bridgehead atoms. The van der Waals surface area contributed by atoms with Gasteiger partial charge in [-0.3, -0.25) is 0 Å². The van der Waals surface area contributed by atoms with E-state index in [-0.39, 0.29) is 32.7 Å². The third-order valence-electron chi connectivity index (χ3n) is 1.26. The number of aryl methyl sites for hydroxylation is 2. The first-order chi connectivity index (χ1) is 6.33. The number of nitrogens with zero attached hydrogens (tertiary/aromatic N) is 1. The minimum Gasteiger partial charge on any atom is -0.391 e. The van der Waals surface area contributed by atoms with E-state index in [1.54, 1.807) is 0 Å². The molecule has 1 rings (SSSR count). The summed E-state index contributed by atoms with van der Waals surface area (Å²) in [6.07, 6.45) is 3.83. The fraction of sp³-hybridized carbons (Fsp3) is 0.583. The number of pyridine rings is 1. The van der Waals surface area contributed by atoms with E-state index in [4.69, 9.17) is 0 Å². The van der Waals surface area contributed by atoms with Crippen LogP contribution in [0.2, 0.25) is 0 Å². The van der Waals surface area contributed by atoms with Crippen LogP contribution in [-0.4, -0.2) is 4.98 Å². The van der Waals surface area contributed by atoms with Gasteiger partial charge in [-0.25, -0.2) is 0 Å². The van der Waals surface area contributed by atoms with Gasteiger partial charge in [-0.05, 0) is 0 Å². The number of aromatic nitrogens is 1. The van der Waals surface area contributed by atoms with Crippen LogP contribution in [0, 0.1) is 13.1 Å². The summed E-state index contributed by atoms with van der Waals surface area (Å²) in [5.74, 6) is 0. The molecular weight excluding hydrogens is 247 g/mol. The fourth-order valence-electron chi connectivity index (χ4n) is 0.735. The summed E-state index contributed by atoms with van der Waals surface area (Å²) in [4.78, 5) is 4.03. The Kier molecular flexibility index (Phi) is 22.2. The van der Waals surface area contributed by atoms with Gasteiger partial charge in [0, 0.05) is 32.7 Å². The molecule has 0 spiro atoms. The largest absolute Gasteiger partial charge is 0.391 e. The average molecular weight is 269 g/mol. The topological polar surface area (TPSA) is 12.9 Å². The molecule has 1 heterocycles. The zero-order valence-corrected chi connectivity index (χ0v) is 13.2. The van der Waals surface area contributed by atoms with Gasteiger partial charge in [-0.2, -0.15) is 11.6 Å². The van der Waals surface area contributed by atoms with Gasteiger partial charge in [-0.1, -0.05) is 59.9 Å². The van der Waals surface area contributed by atoms with Gasteiger partial charge in [-0.15, -0.1) is 6.07 Å². The molecule has 0 N–H and O–H groups in total. The van der Waals surface area contributed by atoms with E-state index < -0.39 is 0 Å². The Morgan fingerprint density at radius 3 is 2.00 bits per heavy atom. The van der Waals surface area contributed by atoms with Crippen molar-refractivity contribution in [3.63, 3.8) is 0 Å². The van der Waals surface area contributed by atoms with Gasteiger partial charge in [0.1, 0.15) is 0 Å². The van der Waals surface area contributed by atoms with Crippen LogP contribution in [0.15, 0.2) is 12.1 Å². The SMILES string of the molecule is CC.CC.CCc1cc(C)c[c-]n1.[Y]. The van der Waals surface area contributed by atoms with E-state index in [0.717, 1.165) is 12.1 Å². The number of hydrogen-bond acceptors (Lipinski definition) is 1. The van der Waals surface area contributed by atoms with Crippen LogP contribution in [0.3, 0.4) is 0 Å². The summed E-state index contributed by atoms with van der Waals surface area (Å²) in [5.41, 5.74) is 2.36. The molecule has 1 nitrogen and oxygen atoms in total. The first-order valence-corrected chi connectivity index (χ1v) is 5.16. The molecule has 0 aliphatic carbocycles. The van der Waals surface area contributed by atoms with Crippen molar-refractivity contribution in [3.05, 3.63) is 29.6 Å². The quantitative estimate of drug-likeness (QED) is 0.707. The molecule has 0 amide bonds. The molecule has 0 saturated heterocycles. The molecule has 0 aromatic carbocycles. The molecule has 1 radical (unpaired) electrons. The van der Waals surface area contributed by atoms with E-state index >= 15 is 0 Å². The molecule has 0 aliphatic heterocycles. The van der Waals surface area contributed by atoms with Crippen molar-refractivity contribution in [3.8, 4) is 0 Å². The molecule has 14 heavy (non-hydrogen) atoms. The molecule has 1 aromatic heterocycles. The zero-order chi connectivity index (χ0) is 10.7. The Balaban J connectivity index is -0.000000216. The van der Waals surface area contributed by atoms with Crippen molar-refractivity contribution in [1.82, 2.24) is 4.98 Å². The molecule has 0 unspecified atom stereocenters. The monoisotopic (exact) mass is 269 g/mol. The van der Waals surface area contributed by atoms with E-state index in [1.807, 2.05) is 33.8 Å². The average Bonchev–Trinajstić information content (AvgIpc) is 2.24. The third-order valence-corrected chi connectivity index (χ3v) is 1.26. The van der Waals surface area contributed by atoms with Crippen LogP contribution in [0.25, 0.3) is 0 Å². The van der Waals surface area contributed by atoms with Gasteiger partial charge in [0.25, 0.3) is 0 Å². The molecule has 2 heteroatoms. The minimum absolute atomic E-state index is 0. The predicted octanol–water partition coefficient (Wildman–Crippen LogP) is 3.80. The molecule has 0 fully saturated rings. The Morgan fingerprint density at radius 1 is 1.21 bits per heavy atom. The van der Waals surface area contributed by atoms with Crippen molar-refractivity contribution in [2.24, 2.45) is 0 Å². The molecule has 0 atom stereocenters. The Bertz CT molecular complexity index is 199. The predicted molar refractivity (Wildman–Crippen MR) is 59.9 cm³/mol. The van der Waals surface area contributed by atoms with Crippen molar-refractivity contribution in [2.45, 2.75) is 48.0 Å². The van der Waals surface area contributed by atoms with E-state index in [0.29, 0.717) is 0 Å². The summed E-state index contributed by atoms with van der Waals surface area (Å²) in [5, 5.41) is 0. The fourth-order valence-corrected chi connectivity index (χ4v) is 0.735. The van der Waals surface area contributed by atoms with Crippen LogP contribution < -0.4 is 0 Å². The number of hydrogen-bond donors (Lipinski definition) is 0. The molecular formula is C12H22NY-. The maximum atomic E-state index is 4.03. The standard InChI is InChI=1S/C8H10N.2C2H6.Y/c1-3-8-6-7(2)4-5-9-8;2*1-2;/h4,6H,3H2,1-2H3;2*1-2H3;/q-1;;;. The Morgan fingerprint density at radius 2 is 1.71 bits per heavy atom. The van der Waals surface area contributed by atoms with Gasteiger partial charge >= 0.3 is 0 Å². The normalized spacial score (nSPS) is 7.00. The van der Waals surface area contributed by atoms with Crippen LogP contribution in [0.5, 0.6) is 0 Å². The van der Waals surface area contributed by atoms with Crippen LogP contribution in [-0.2, 0) is 39.1 Å². The summed E-state index contributed by atoms with van der Waals surface area (Å²) in [6, 6.07) is 3.97. The van der Waals surface area contributed by atoms with Crippen LogP contribution in [0.1, 0.15) is 45.9 Å². The molecule has 79 valence electrons. The second-order valence-electron chi connectivity index (χ2n) is 2.12. The second kappa shape index (κ2) is 15.7. The molecule has 1 aromatic rings. The first-order valence-electron chi connectivity index (χ1n) is 5.16. The van der Waals surface area contributed by atoms with Crippen molar-refractivity contribution in [2.75, 3.05) is 0 Å². The maximum absolute atomic E-state index is 4.03. The molecule has 0 aliphatic rings. The molecule has 0 saturated carbocycles. The second-order valence-corrected chi connectivity index (χ2v) is 2.12. The van der Waals surface area contributed by atoms with Gasteiger partial charge in [0.2, 0.25) is 0 Å². The number of rotatable bonds is 1. The summed E-state index contributed by atoms with van der Waals surface area (Å²) in [6.45, 7) is 12.1. The van der Waals surface area contributed by atoms with E-state index in [9.17, 15) is 0 Å². The van der Waals surface area contributed by atoms with Crippen LogP contribution >= 0.6 is 0 Å². The Labute approximate surface area is 115 Å². The minimum atomic E-state index is 0. The van der Waals surface area contributed by atoms with Crippen LogP contribution in [0.4, 0.5) is 0 Å². The Hall–Kier alpha value is 0.254. The summed E-state index contributed by atoms with van der Waals surface area (Å²) < 4.78 is 0. The van der Waals surface area contributed by atoms with Crippen molar-refractivity contribution < 1.29 is 32.7 Å².